The van der Waals surface area contributed by atoms with E-state index < -0.39 is 16.9 Å². The van der Waals surface area contributed by atoms with Gasteiger partial charge in [0.1, 0.15) is 12.0 Å². The van der Waals surface area contributed by atoms with Crippen LogP contribution >= 0.6 is 0 Å². The van der Waals surface area contributed by atoms with Gasteiger partial charge in [0, 0.05) is 12.6 Å². The number of anilines is 1. The van der Waals surface area contributed by atoms with E-state index in [1.54, 1.807) is 0 Å². The number of amides is 1. The summed E-state index contributed by atoms with van der Waals surface area (Å²) in [5.74, 6) is -0.579. The molecule has 0 spiro atoms. The van der Waals surface area contributed by atoms with Crippen molar-refractivity contribution >= 4 is 17.4 Å². The third-order valence-electron chi connectivity index (χ3n) is 3.04. The fourth-order valence-corrected chi connectivity index (χ4v) is 1.96. The molecular weight excluding hydrogens is 268 g/mol. The van der Waals surface area contributed by atoms with E-state index in [9.17, 15) is 20.0 Å². The molecule has 0 bridgehead atoms. The van der Waals surface area contributed by atoms with Crippen LogP contribution in [0, 0.1) is 10.1 Å². The third-order valence-corrected chi connectivity index (χ3v) is 3.04. The van der Waals surface area contributed by atoms with Crippen molar-refractivity contribution in [1.29, 1.82) is 0 Å². The number of rotatable bonds is 3. The Balaban J connectivity index is 2.32. The molecular formula is C11H14N4O5. The maximum absolute atomic E-state index is 12.4. The van der Waals surface area contributed by atoms with E-state index in [1.165, 1.54) is 4.90 Å². The average Bonchev–Trinajstić information content (AvgIpc) is 2.46. The zero-order valence-electron chi connectivity index (χ0n) is 10.6. The van der Waals surface area contributed by atoms with E-state index in [1.807, 2.05) is 0 Å². The number of nitrogens with zero attached hydrogens (tertiary/aromatic N) is 3. The van der Waals surface area contributed by atoms with Crippen LogP contribution in [-0.2, 0) is 4.74 Å². The van der Waals surface area contributed by atoms with Gasteiger partial charge in [-0.3, -0.25) is 14.9 Å². The van der Waals surface area contributed by atoms with Gasteiger partial charge in [-0.05, 0) is 0 Å². The number of nitrogens with two attached hydrogens (primary N) is 1. The second kappa shape index (κ2) is 5.80. The Morgan fingerprint density at radius 3 is 3.10 bits per heavy atom. The molecule has 1 fully saturated rings. The molecule has 3 N–H and O–H groups in total. The molecule has 1 saturated heterocycles. The third kappa shape index (κ3) is 2.68. The standard InChI is InChI=1S/C11H14N4O5/c12-10-9(3-7(4-13-10)15(18)19)11(17)14-1-2-20-6-8(14)5-16/h3-4,8,16H,1-2,5-6H2,(H2,12,13). The van der Waals surface area contributed by atoms with Gasteiger partial charge in [-0.25, -0.2) is 4.98 Å². The number of aromatic nitrogens is 1. The molecule has 1 atom stereocenters. The smallest absolute Gasteiger partial charge is 0.288 e. The normalized spacial score (nSPS) is 18.9. The van der Waals surface area contributed by atoms with Crippen LogP contribution in [0.15, 0.2) is 12.3 Å². The van der Waals surface area contributed by atoms with Gasteiger partial charge in [0.05, 0.1) is 36.3 Å². The summed E-state index contributed by atoms with van der Waals surface area (Å²) in [4.78, 5) is 27.5. The molecule has 0 aromatic carbocycles. The largest absolute Gasteiger partial charge is 0.394 e. The first kappa shape index (κ1) is 14.2. The summed E-state index contributed by atoms with van der Waals surface area (Å²) in [5.41, 5.74) is 5.26. The van der Waals surface area contributed by atoms with Crippen LogP contribution in [-0.4, -0.2) is 58.2 Å². The molecule has 9 heteroatoms. The molecule has 1 aromatic rings. The first-order valence-electron chi connectivity index (χ1n) is 5.94. The van der Waals surface area contributed by atoms with Crippen LogP contribution in [0.1, 0.15) is 10.4 Å². The highest BCUT2D eigenvalue weighted by atomic mass is 16.6. The summed E-state index contributed by atoms with van der Waals surface area (Å²) in [6.45, 7) is 0.579. The first-order valence-corrected chi connectivity index (χ1v) is 5.94. The molecule has 1 aliphatic rings. The Morgan fingerprint density at radius 2 is 2.45 bits per heavy atom. The van der Waals surface area contributed by atoms with E-state index in [4.69, 9.17) is 10.5 Å². The van der Waals surface area contributed by atoms with Crippen molar-refractivity contribution in [3.63, 3.8) is 0 Å². The van der Waals surface area contributed by atoms with Crippen LogP contribution in [0.2, 0.25) is 0 Å². The predicted molar refractivity (Wildman–Crippen MR) is 68.0 cm³/mol. The highest BCUT2D eigenvalue weighted by Crippen LogP contribution is 2.20. The van der Waals surface area contributed by atoms with Gasteiger partial charge < -0.3 is 20.5 Å². The monoisotopic (exact) mass is 282 g/mol. The Hall–Kier alpha value is -2.26. The summed E-state index contributed by atoms with van der Waals surface area (Å²) in [6, 6.07) is 0.601. The van der Waals surface area contributed by atoms with E-state index in [-0.39, 0.29) is 36.8 Å². The lowest BCUT2D eigenvalue weighted by atomic mass is 10.1. The molecule has 2 heterocycles. The van der Waals surface area contributed by atoms with Gasteiger partial charge in [0.25, 0.3) is 11.6 Å². The highest BCUT2D eigenvalue weighted by Gasteiger charge is 2.29. The predicted octanol–water partition coefficient (Wildman–Crippen LogP) is -0.595. The first-order chi connectivity index (χ1) is 9.54. The van der Waals surface area contributed by atoms with Crippen LogP contribution in [0.4, 0.5) is 11.5 Å². The molecule has 20 heavy (non-hydrogen) atoms. The number of pyridine rings is 1. The van der Waals surface area contributed by atoms with Gasteiger partial charge in [0.15, 0.2) is 0 Å². The van der Waals surface area contributed by atoms with E-state index in [2.05, 4.69) is 4.98 Å². The molecule has 2 rings (SSSR count). The Bertz CT molecular complexity index is 536. The Kier molecular flexibility index (Phi) is 4.11. The minimum Gasteiger partial charge on any atom is -0.394 e. The molecule has 108 valence electrons. The van der Waals surface area contributed by atoms with Crippen LogP contribution in [0.25, 0.3) is 0 Å². The van der Waals surface area contributed by atoms with Crippen molar-refractivity contribution in [1.82, 2.24) is 9.88 Å². The Labute approximate surface area is 114 Å². The molecule has 1 unspecified atom stereocenters. The lowest BCUT2D eigenvalue weighted by Gasteiger charge is -2.34. The summed E-state index contributed by atoms with van der Waals surface area (Å²) < 4.78 is 5.17. The summed E-state index contributed by atoms with van der Waals surface area (Å²) in [5, 5.41) is 20.0. The van der Waals surface area contributed by atoms with Crippen molar-refractivity contribution in [2.24, 2.45) is 0 Å². The number of carbonyl (C=O) groups is 1. The molecule has 1 amide bonds. The molecule has 1 aromatic heterocycles. The van der Waals surface area contributed by atoms with Crippen molar-refractivity contribution in [2.75, 3.05) is 32.1 Å². The zero-order valence-corrected chi connectivity index (χ0v) is 10.6. The molecule has 0 radical (unpaired) electrons. The molecule has 0 aliphatic carbocycles. The summed E-state index contributed by atoms with van der Waals surface area (Å²) in [7, 11) is 0. The van der Waals surface area contributed by atoms with Gasteiger partial charge in [-0.2, -0.15) is 0 Å². The van der Waals surface area contributed by atoms with Crippen molar-refractivity contribution in [3.05, 3.63) is 27.9 Å². The topological polar surface area (TPSA) is 132 Å². The van der Waals surface area contributed by atoms with E-state index in [0.717, 1.165) is 12.3 Å². The SMILES string of the molecule is Nc1ncc([N+](=O)[O-])cc1C(=O)N1CCOCC1CO. The number of aliphatic hydroxyl groups excluding tert-OH is 1. The van der Waals surface area contributed by atoms with Gasteiger partial charge in [0.2, 0.25) is 0 Å². The Morgan fingerprint density at radius 1 is 1.70 bits per heavy atom. The van der Waals surface area contributed by atoms with Gasteiger partial charge in [-0.1, -0.05) is 0 Å². The minimum atomic E-state index is -0.647. The molecule has 0 saturated carbocycles. The number of carbonyl (C=O) groups excluding carboxylic acids is 1. The highest BCUT2D eigenvalue weighted by molar-refractivity contribution is 5.99. The number of aliphatic hydroxyl groups is 1. The number of ether oxygens (including phenoxy) is 1. The van der Waals surface area contributed by atoms with E-state index in [0.29, 0.717) is 6.61 Å². The van der Waals surface area contributed by atoms with Crippen LogP contribution < -0.4 is 5.73 Å². The second-order valence-electron chi connectivity index (χ2n) is 4.29. The minimum absolute atomic E-state index is 0.0421. The van der Waals surface area contributed by atoms with Gasteiger partial charge >= 0.3 is 0 Å². The quantitative estimate of drug-likeness (QED) is 0.559. The lowest BCUT2D eigenvalue weighted by Crippen LogP contribution is -2.50. The van der Waals surface area contributed by atoms with Crippen molar-refractivity contribution in [3.8, 4) is 0 Å². The fourth-order valence-electron chi connectivity index (χ4n) is 1.96. The molecule has 1 aliphatic heterocycles. The van der Waals surface area contributed by atoms with Crippen LogP contribution in [0.3, 0.4) is 0 Å². The zero-order chi connectivity index (χ0) is 14.7. The number of hydrogen-bond donors (Lipinski definition) is 2. The summed E-state index contributed by atoms with van der Waals surface area (Å²) >= 11 is 0. The lowest BCUT2D eigenvalue weighted by molar-refractivity contribution is -0.385. The van der Waals surface area contributed by atoms with Crippen molar-refractivity contribution in [2.45, 2.75) is 6.04 Å². The van der Waals surface area contributed by atoms with E-state index >= 15 is 0 Å². The van der Waals surface area contributed by atoms with Gasteiger partial charge in [-0.15, -0.1) is 0 Å². The summed E-state index contributed by atoms with van der Waals surface area (Å²) in [6.07, 6.45) is 0.995. The second-order valence-corrected chi connectivity index (χ2v) is 4.29. The number of nitrogen functional groups attached to an aromatic ring is 1. The number of morpholine rings is 1. The maximum Gasteiger partial charge on any atom is 0.288 e. The molecule has 9 nitrogen and oxygen atoms in total. The number of hydrogen-bond acceptors (Lipinski definition) is 7. The number of nitro groups is 1. The fraction of sp³-hybridized carbons (Fsp3) is 0.455. The van der Waals surface area contributed by atoms with Crippen molar-refractivity contribution < 1.29 is 19.6 Å². The average molecular weight is 282 g/mol. The van der Waals surface area contributed by atoms with Crippen LogP contribution in [0.5, 0.6) is 0 Å². The maximum atomic E-state index is 12.4.